The van der Waals surface area contributed by atoms with E-state index in [9.17, 15) is 10.1 Å². The monoisotopic (exact) mass is 418 g/mol. The Bertz CT molecular complexity index is 1050. The number of nitro benzene ring substituents is 1. The first-order valence-electron chi connectivity index (χ1n) is 11.5. The minimum absolute atomic E-state index is 0.173. The standard InChI is InChI=1S/C25H30N4O2/c30-29(31)20-9-10-23-22(17-20)21-7-4-8-24(25(21)27-23)26-19-12-15-28(16-13-19)14-11-18-5-2-1-3-6-18/h1-3,5-6,9-10,17,19,24,26-27H,4,7-8,11-16H2. The van der Waals surface area contributed by atoms with Crippen molar-refractivity contribution in [1.82, 2.24) is 15.2 Å². The summed E-state index contributed by atoms with van der Waals surface area (Å²) >= 11 is 0. The van der Waals surface area contributed by atoms with Crippen LogP contribution in [0, 0.1) is 10.1 Å². The van der Waals surface area contributed by atoms with Crippen molar-refractivity contribution in [3.63, 3.8) is 0 Å². The second-order valence-electron chi connectivity index (χ2n) is 8.97. The van der Waals surface area contributed by atoms with Crippen molar-refractivity contribution in [2.45, 2.75) is 50.6 Å². The number of nitrogens with one attached hydrogen (secondary N) is 2. The van der Waals surface area contributed by atoms with Crippen molar-refractivity contribution in [2.24, 2.45) is 0 Å². The number of aryl methyl sites for hydroxylation is 1. The van der Waals surface area contributed by atoms with E-state index in [-0.39, 0.29) is 10.6 Å². The molecule has 3 aromatic rings. The average molecular weight is 419 g/mol. The molecule has 1 aliphatic heterocycles. The van der Waals surface area contributed by atoms with Gasteiger partial charge in [0.25, 0.3) is 5.69 Å². The Kier molecular flexibility index (Phi) is 5.74. The van der Waals surface area contributed by atoms with E-state index in [0.29, 0.717) is 12.1 Å². The normalized spacial score (nSPS) is 20.1. The highest BCUT2D eigenvalue weighted by Gasteiger charge is 2.28. The molecule has 1 fully saturated rings. The summed E-state index contributed by atoms with van der Waals surface area (Å²) in [6.45, 7) is 3.41. The Morgan fingerprint density at radius 2 is 1.90 bits per heavy atom. The Morgan fingerprint density at radius 3 is 2.68 bits per heavy atom. The molecule has 6 heteroatoms. The Balaban J connectivity index is 1.21. The van der Waals surface area contributed by atoms with Gasteiger partial charge in [0.05, 0.1) is 4.92 Å². The molecule has 1 unspecified atom stereocenters. The highest BCUT2D eigenvalue weighted by molar-refractivity contribution is 5.87. The van der Waals surface area contributed by atoms with Crippen molar-refractivity contribution < 1.29 is 4.92 Å². The fraction of sp³-hybridized carbons (Fsp3) is 0.440. The summed E-state index contributed by atoms with van der Waals surface area (Å²) in [4.78, 5) is 17.0. The van der Waals surface area contributed by atoms with Gasteiger partial charge in [-0.25, -0.2) is 0 Å². The zero-order valence-electron chi connectivity index (χ0n) is 17.8. The molecular formula is C25H30N4O2. The average Bonchev–Trinajstić information content (AvgIpc) is 3.18. The fourth-order valence-corrected chi connectivity index (χ4v) is 5.27. The summed E-state index contributed by atoms with van der Waals surface area (Å²) in [7, 11) is 0. The van der Waals surface area contributed by atoms with E-state index in [4.69, 9.17) is 0 Å². The minimum atomic E-state index is -0.303. The highest BCUT2D eigenvalue weighted by atomic mass is 16.6. The van der Waals surface area contributed by atoms with Crippen molar-refractivity contribution >= 4 is 16.6 Å². The molecule has 2 aromatic carbocycles. The molecule has 162 valence electrons. The van der Waals surface area contributed by atoms with Gasteiger partial charge in [0.2, 0.25) is 0 Å². The van der Waals surface area contributed by atoms with E-state index >= 15 is 0 Å². The van der Waals surface area contributed by atoms with Gasteiger partial charge in [-0.3, -0.25) is 10.1 Å². The van der Waals surface area contributed by atoms with Crippen molar-refractivity contribution in [3.8, 4) is 0 Å². The quantitative estimate of drug-likeness (QED) is 0.447. The molecule has 1 saturated heterocycles. The van der Waals surface area contributed by atoms with Crippen LogP contribution in [0.25, 0.3) is 10.9 Å². The Hall–Kier alpha value is -2.70. The van der Waals surface area contributed by atoms with Crippen LogP contribution in [-0.4, -0.2) is 40.5 Å². The van der Waals surface area contributed by atoms with E-state index in [1.807, 2.05) is 6.07 Å². The third kappa shape index (κ3) is 4.36. The molecule has 0 amide bonds. The SMILES string of the molecule is O=[N+]([O-])c1ccc2[nH]c3c(c2c1)CCCC3NC1CCN(CCc2ccccc2)CC1. The van der Waals surface area contributed by atoms with Gasteiger partial charge >= 0.3 is 0 Å². The number of nitro groups is 1. The summed E-state index contributed by atoms with van der Waals surface area (Å²) in [6, 6.07) is 16.8. The van der Waals surface area contributed by atoms with Gasteiger partial charge < -0.3 is 15.2 Å². The smallest absolute Gasteiger partial charge is 0.270 e. The largest absolute Gasteiger partial charge is 0.357 e. The van der Waals surface area contributed by atoms with Gasteiger partial charge in [-0.2, -0.15) is 0 Å². The molecule has 0 saturated carbocycles. The first kappa shape index (κ1) is 20.2. The van der Waals surface area contributed by atoms with Gasteiger partial charge in [0, 0.05) is 47.4 Å². The first-order chi connectivity index (χ1) is 15.2. The van der Waals surface area contributed by atoms with Crippen LogP contribution in [0.1, 0.15) is 48.5 Å². The van der Waals surface area contributed by atoms with Crippen LogP contribution in [0.2, 0.25) is 0 Å². The van der Waals surface area contributed by atoms with Gasteiger partial charge in [-0.05, 0) is 68.8 Å². The number of likely N-dealkylation sites (tertiary alicyclic amines) is 1. The number of rotatable bonds is 6. The molecule has 2 N–H and O–H groups in total. The molecule has 0 bridgehead atoms. The second-order valence-corrected chi connectivity index (χ2v) is 8.97. The first-order valence-corrected chi connectivity index (χ1v) is 11.5. The predicted molar refractivity (Wildman–Crippen MR) is 123 cm³/mol. The van der Waals surface area contributed by atoms with Gasteiger partial charge in [-0.1, -0.05) is 30.3 Å². The number of fused-ring (bicyclic) bond motifs is 3. The second kappa shape index (κ2) is 8.81. The lowest BCUT2D eigenvalue weighted by atomic mass is 9.90. The number of piperidine rings is 1. The number of hydrogen-bond acceptors (Lipinski definition) is 4. The van der Waals surface area contributed by atoms with Crippen LogP contribution in [0.15, 0.2) is 48.5 Å². The van der Waals surface area contributed by atoms with E-state index in [1.165, 1.54) is 29.7 Å². The van der Waals surface area contributed by atoms with Crippen LogP contribution in [0.3, 0.4) is 0 Å². The number of non-ortho nitro benzene ring substituents is 1. The predicted octanol–water partition coefficient (Wildman–Crippen LogP) is 4.75. The van der Waals surface area contributed by atoms with Crippen LogP contribution >= 0.6 is 0 Å². The summed E-state index contributed by atoms with van der Waals surface area (Å²) in [5.41, 5.74) is 5.11. The molecular weight excluding hydrogens is 388 g/mol. The Labute approximate surface area is 182 Å². The zero-order valence-corrected chi connectivity index (χ0v) is 17.8. The van der Waals surface area contributed by atoms with Crippen LogP contribution in [-0.2, 0) is 12.8 Å². The van der Waals surface area contributed by atoms with Crippen molar-refractivity contribution in [3.05, 3.63) is 75.5 Å². The molecule has 6 nitrogen and oxygen atoms in total. The van der Waals surface area contributed by atoms with Gasteiger partial charge in [0.15, 0.2) is 0 Å². The van der Waals surface area contributed by atoms with Gasteiger partial charge in [-0.15, -0.1) is 0 Å². The lowest BCUT2D eigenvalue weighted by Crippen LogP contribution is -2.44. The van der Waals surface area contributed by atoms with Crippen molar-refractivity contribution in [2.75, 3.05) is 19.6 Å². The lowest BCUT2D eigenvalue weighted by molar-refractivity contribution is -0.384. The topological polar surface area (TPSA) is 74.2 Å². The van der Waals surface area contributed by atoms with E-state index < -0.39 is 0 Å². The molecule has 31 heavy (non-hydrogen) atoms. The highest BCUT2D eigenvalue weighted by Crippen LogP contribution is 2.36. The van der Waals surface area contributed by atoms with E-state index in [2.05, 4.69) is 45.5 Å². The number of H-pyrrole nitrogens is 1. The molecule has 0 radical (unpaired) electrons. The molecule has 2 aliphatic rings. The summed E-state index contributed by atoms with van der Waals surface area (Å²) < 4.78 is 0. The summed E-state index contributed by atoms with van der Waals surface area (Å²) in [5, 5.41) is 16.1. The number of benzene rings is 2. The lowest BCUT2D eigenvalue weighted by Gasteiger charge is -2.35. The summed E-state index contributed by atoms with van der Waals surface area (Å²) in [5.74, 6) is 0. The number of hydrogen-bond donors (Lipinski definition) is 2. The maximum atomic E-state index is 11.2. The number of aromatic amines is 1. The summed E-state index contributed by atoms with van der Waals surface area (Å²) in [6.07, 6.45) is 6.70. The zero-order chi connectivity index (χ0) is 21.2. The number of nitrogens with zero attached hydrogens (tertiary/aromatic N) is 2. The minimum Gasteiger partial charge on any atom is -0.357 e. The molecule has 1 atom stereocenters. The number of aromatic nitrogens is 1. The maximum absolute atomic E-state index is 11.2. The fourth-order valence-electron chi connectivity index (χ4n) is 5.27. The molecule has 1 aliphatic carbocycles. The third-order valence-electron chi connectivity index (χ3n) is 6.99. The molecule has 1 aromatic heterocycles. The van der Waals surface area contributed by atoms with E-state index in [0.717, 1.165) is 56.2 Å². The van der Waals surface area contributed by atoms with Crippen LogP contribution < -0.4 is 5.32 Å². The maximum Gasteiger partial charge on any atom is 0.270 e. The van der Waals surface area contributed by atoms with Crippen LogP contribution in [0.5, 0.6) is 0 Å². The molecule has 2 heterocycles. The van der Waals surface area contributed by atoms with Gasteiger partial charge in [0.1, 0.15) is 0 Å². The van der Waals surface area contributed by atoms with E-state index in [1.54, 1.807) is 12.1 Å². The molecule has 0 spiro atoms. The third-order valence-corrected chi connectivity index (χ3v) is 6.99. The molecule has 5 rings (SSSR count). The Morgan fingerprint density at radius 1 is 1.10 bits per heavy atom. The van der Waals surface area contributed by atoms with Crippen LogP contribution in [0.4, 0.5) is 5.69 Å². The van der Waals surface area contributed by atoms with Crippen molar-refractivity contribution in [1.29, 1.82) is 0 Å².